The molecule has 3 heterocycles. The third-order valence-electron chi connectivity index (χ3n) is 3.49. The molecule has 1 N–H and O–H groups in total. The van der Waals surface area contributed by atoms with E-state index in [9.17, 15) is 0 Å². The fourth-order valence-corrected chi connectivity index (χ4v) is 3.52. The first kappa shape index (κ1) is 11.7. The summed E-state index contributed by atoms with van der Waals surface area (Å²) in [5.41, 5.74) is 5.08. The number of hydrogen-bond donors (Lipinski definition) is 1. The van der Waals surface area contributed by atoms with Crippen molar-refractivity contribution in [1.82, 2.24) is 10.1 Å². The number of thioether (sulfide) groups is 1. The summed E-state index contributed by atoms with van der Waals surface area (Å²) < 4.78 is 2.16. The van der Waals surface area contributed by atoms with Gasteiger partial charge in [-0.05, 0) is 12.1 Å². The van der Waals surface area contributed by atoms with E-state index in [4.69, 9.17) is 0 Å². The van der Waals surface area contributed by atoms with Crippen molar-refractivity contribution in [1.29, 1.82) is 0 Å². The molecule has 0 radical (unpaired) electrons. The number of hydrogen-bond acceptors (Lipinski definition) is 2. The summed E-state index contributed by atoms with van der Waals surface area (Å²) in [5, 5.41) is 4.62. The Bertz CT molecular complexity index is 749. The van der Waals surface area contributed by atoms with Gasteiger partial charge in [-0.1, -0.05) is 30.3 Å². The zero-order valence-corrected chi connectivity index (χ0v) is 11.7. The summed E-state index contributed by atoms with van der Waals surface area (Å²) in [6.07, 6.45) is 4.07. The van der Waals surface area contributed by atoms with Gasteiger partial charge in [0.05, 0.1) is 5.56 Å². The molecule has 0 saturated heterocycles. The first-order valence-corrected chi connectivity index (χ1v) is 7.62. The van der Waals surface area contributed by atoms with E-state index in [1.165, 1.54) is 22.4 Å². The van der Waals surface area contributed by atoms with Gasteiger partial charge in [-0.25, -0.2) is 4.98 Å². The maximum absolute atomic E-state index is 4.45. The van der Waals surface area contributed by atoms with Crippen LogP contribution in [0.5, 0.6) is 0 Å². The molecule has 1 aliphatic rings. The maximum atomic E-state index is 4.45. The molecule has 0 fully saturated rings. The van der Waals surface area contributed by atoms with Crippen LogP contribution in [0.25, 0.3) is 11.3 Å². The van der Waals surface area contributed by atoms with Gasteiger partial charge in [-0.15, -0.1) is 16.4 Å². The molecule has 4 heteroatoms. The molecule has 20 heavy (non-hydrogen) atoms. The number of rotatable bonds is 2. The van der Waals surface area contributed by atoms with Crippen molar-refractivity contribution in [2.24, 2.45) is 0 Å². The molecule has 0 aliphatic carbocycles. The van der Waals surface area contributed by atoms with Gasteiger partial charge in [0.15, 0.2) is 6.54 Å². The number of nitrogens with one attached hydrogen (secondary N) is 1. The lowest BCUT2D eigenvalue weighted by Crippen LogP contribution is -2.35. The van der Waals surface area contributed by atoms with Gasteiger partial charge < -0.3 is 0 Å². The Balaban J connectivity index is 1.72. The zero-order valence-electron chi connectivity index (χ0n) is 10.9. The number of aromatic amines is 1. The first-order valence-electron chi connectivity index (χ1n) is 6.63. The summed E-state index contributed by atoms with van der Waals surface area (Å²) in [6, 6.07) is 14.6. The minimum atomic E-state index is 0.869. The second-order valence-corrected chi connectivity index (χ2v) is 5.86. The molecule has 0 atom stereocenters. The van der Waals surface area contributed by atoms with E-state index < -0.39 is 0 Å². The smallest absolute Gasteiger partial charge is 0.200 e. The lowest BCUT2D eigenvalue weighted by molar-refractivity contribution is -0.741. The van der Waals surface area contributed by atoms with Gasteiger partial charge in [0.25, 0.3) is 0 Å². The lowest BCUT2D eigenvalue weighted by atomic mass is 10.1. The highest BCUT2D eigenvalue weighted by atomic mass is 32.2. The highest BCUT2D eigenvalue weighted by Gasteiger charge is 2.24. The summed E-state index contributed by atoms with van der Waals surface area (Å²) in [6.45, 7) is 0.869. The average Bonchev–Trinajstić information content (AvgIpc) is 2.91. The Morgan fingerprint density at radius 3 is 2.95 bits per heavy atom. The fourth-order valence-electron chi connectivity index (χ4n) is 2.55. The van der Waals surface area contributed by atoms with Crippen LogP contribution in [-0.4, -0.2) is 10.1 Å². The monoisotopic (exact) mass is 280 g/mol. The molecule has 0 amide bonds. The van der Waals surface area contributed by atoms with Crippen molar-refractivity contribution in [2.75, 3.05) is 0 Å². The summed E-state index contributed by atoms with van der Waals surface area (Å²) in [7, 11) is 0. The van der Waals surface area contributed by atoms with Crippen molar-refractivity contribution in [3.05, 3.63) is 66.0 Å². The van der Waals surface area contributed by atoms with Gasteiger partial charge in [0, 0.05) is 23.1 Å². The van der Waals surface area contributed by atoms with Crippen LogP contribution >= 0.6 is 11.8 Å². The van der Waals surface area contributed by atoms with Gasteiger partial charge in [-0.3, -0.25) is 0 Å². The number of pyridine rings is 1. The van der Waals surface area contributed by atoms with Gasteiger partial charge in [0.2, 0.25) is 6.20 Å². The zero-order chi connectivity index (χ0) is 13.4. The van der Waals surface area contributed by atoms with Crippen LogP contribution < -0.4 is 4.68 Å². The van der Waals surface area contributed by atoms with Crippen LogP contribution in [0, 0.1) is 0 Å². The Morgan fingerprint density at radius 2 is 2.05 bits per heavy atom. The Kier molecular flexibility index (Phi) is 2.81. The van der Waals surface area contributed by atoms with Crippen LogP contribution in [0.1, 0.15) is 11.1 Å². The van der Waals surface area contributed by atoms with Crippen molar-refractivity contribution >= 4 is 11.8 Å². The third kappa shape index (κ3) is 2.02. The molecule has 0 saturated carbocycles. The topological polar surface area (TPSA) is 32.6 Å². The standard InChI is InChI=1S/C16H13N3S/c1-2-5-12(6-3-1)9-19-10-13-11-20-16-14(15(13)18-19)7-4-8-17-16/h1-8,10H,9,11H2/p+1. The van der Waals surface area contributed by atoms with E-state index in [0.717, 1.165) is 17.3 Å². The molecule has 0 spiro atoms. The molecule has 0 unspecified atom stereocenters. The van der Waals surface area contributed by atoms with Gasteiger partial charge in [-0.2, -0.15) is 5.10 Å². The SMILES string of the molecule is c1ccc(C[n+]2cc3c([nH]2)-c2cccnc2SC3)cc1. The second-order valence-electron chi connectivity index (χ2n) is 4.90. The molecule has 0 bridgehead atoms. The van der Waals surface area contributed by atoms with Gasteiger partial charge in [0.1, 0.15) is 10.7 Å². The van der Waals surface area contributed by atoms with Crippen LogP contribution in [-0.2, 0) is 12.3 Å². The number of aromatic nitrogens is 3. The molecule has 4 rings (SSSR count). The number of H-pyrrole nitrogens is 1. The summed E-state index contributed by atoms with van der Waals surface area (Å²) >= 11 is 1.81. The van der Waals surface area contributed by atoms with Crippen LogP contribution in [0.4, 0.5) is 0 Å². The molecule has 1 aliphatic heterocycles. The summed E-state index contributed by atoms with van der Waals surface area (Å²) in [5.74, 6) is 0.984. The average molecular weight is 280 g/mol. The maximum Gasteiger partial charge on any atom is 0.200 e. The molecule has 98 valence electrons. The van der Waals surface area contributed by atoms with Crippen LogP contribution in [0.15, 0.2) is 59.9 Å². The molecule has 2 aromatic heterocycles. The third-order valence-corrected chi connectivity index (χ3v) is 4.54. The molecular weight excluding hydrogens is 266 g/mol. The summed E-state index contributed by atoms with van der Waals surface area (Å²) in [4.78, 5) is 4.45. The van der Waals surface area contributed by atoms with Crippen molar-refractivity contribution in [3.8, 4) is 11.3 Å². The second kappa shape index (κ2) is 4.80. The molecule has 3 aromatic rings. The minimum Gasteiger partial charge on any atom is -0.249 e. The van der Waals surface area contributed by atoms with Crippen molar-refractivity contribution < 1.29 is 4.68 Å². The Morgan fingerprint density at radius 1 is 1.15 bits per heavy atom. The molecule has 1 aromatic carbocycles. The quantitative estimate of drug-likeness (QED) is 0.732. The van der Waals surface area contributed by atoms with E-state index in [1.807, 2.05) is 18.3 Å². The molecular formula is C16H14N3S+. The van der Waals surface area contributed by atoms with E-state index >= 15 is 0 Å². The molecule has 3 nitrogen and oxygen atoms in total. The van der Waals surface area contributed by atoms with E-state index in [1.54, 1.807) is 11.8 Å². The van der Waals surface area contributed by atoms with Crippen molar-refractivity contribution in [3.63, 3.8) is 0 Å². The van der Waals surface area contributed by atoms with E-state index in [2.05, 4.69) is 51.3 Å². The van der Waals surface area contributed by atoms with Crippen LogP contribution in [0.2, 0.25) is 0 Å². The predicted molar refractivity (Wildman–Crippen MR) is 79.3 cm³/mol. The van der Waals surface area contributed by atoms with Gasteiger partial charge >= 0.3 is 0 Å². The Labute approximate surface area is 121 Å². The predicted octanol–water partition coefficient (Wildman–Crippen LogP) is 3.02. The lowest BCUT2D eigenvalue weighted by Gasteiger charge is -2.10. The minimum absolute atomic E-state index is 0.869. The Hall–Kier alpha value is -2.07. The van der Waals surface area contributed by atoms with Crippen LogP contribution in [0.3, 0.4) is 0 Å². The number of benzene rings is 1. The normalized spacial score (nSPS) is 12.8. The van der Waals surface area contributed by atoms with Crippen molar-refractivity contribution in [2.45, 2.75) is 17.3 Å². The largest absolute Gasteiger partial charge is 0.249 e. The van der Waals surface area contributed by atoms with E-state index in [-0.39, 0.29) is 0 Å². The van der Waals surface area contributed by atoms with E-state index in [0.29, 0.717) is 0 Å². The first-order chi connectivity index (χ1) is 9.90. The highest BCUT2D eigenvalue weighted by Crippen LogP contribution is 2.38. The number of fused-ring (bicyclic) bond motifs is 3. The highest BCUT2D eigenvalue weighted by molar-refractivity contribution is 7.98. The fraction of sp³-hybridized carbons (Fsp3) is 0.125. The number of nitrogens with zero attached hydrogens (tertiary/aromatic N) is 2.